The highest BCUT2D eigenvalue weighted by Crippen LogP contribution is 2.40. The lowest BCUT2D eigenvalue weighted by atomic mass is 10.0. The fourth-order valence-corrected chi connectivity index (χ4v) is 3.36. The molecule has 1 atom stereocenters. The zero-order valence-corrected chi connectivity index (χ0v) is 14.5. The lowest BCUT2D eigenvalue weighted by Crippen LogP contribution is -2.26. The molecule has 0 unspecified atom stereocenters. The number of nitrogens with zero attached hydrogens (tertiary/aromatic N) is 2. The minimum Gasteiger partial charge on any atom is -0.359 e. The van der Waals surface area contributed by atoms with Crippen molar-refractivity contribution in [2.24, 2.45) is 0 Å². The van der Waals surface area contributed by atoms with Gasteiger partial charge in [0, 0.05) is 23.9 Å². The highest BCUT2D eigenvalue weighted by molar-refractivity contribution is 5.88. The number of anilines is 2. The molecule has 0 bridgehead atoms. The van der Waals surface area contributed by atoms with E-state index in [1.807, 2.05) is 35.9 Å². The summed E-state index contributed by atoms with van der Waals surface area (Å²) in [5, 5.41) is 11.1. The monoisotopic (exact) mass is 332 g/mol. The number of aryl methyl sites for hydroxylation is 2. The molecule has 2 aromatic carbocycles. The number of fused-ring (bicyclic) bond motifs is 3. The van der Waals surface area contributed by atoms with Gasteiger partial charge in [0.05, 0.1) is 11.4 Å². The van der Waals surface area contributed by atoms with Gasteiger partial charge in [-0.3, -0.25) is 4.79 Å². The van der Waals surface area contributed by atoms with Crippen LogP contribution in [-0.4, -0.2) is 15.7 Å². The first-order valence-electron chi connectivity index (χ1n) is 8.33. The van der Waals surface area contributed by atoms with Crippen LogP contribution < -0.4 is 10.6 Å². The van der Waals surface area contributed by atoms with Gasteiger partial charge in [-0.1, -0.05) is 30.3 Å². The molecule has 0 radical (unpaired) electrons. The largest absolute Gasteiger partial charge is 0.359 e. The summed E-state index contributed by atoms with van der Waals surface area (Å²) in [5.41, 5.74) is 7.52. The SMILES string of the molecule is CC(=O)Nc1ccc([C@@H]2Nc3c(C)cccc3-c3cc(C)nn32)cc1. The van der Waals surface area contributed by atoms with E-state index in [-0.39, 0.29) is 12.1 Å². The molecule has 0 spiro atoms. The molecule has 3 aromatic rings. The maximum atomic E-state index is 11.2. The Balaban J connectivity index is 1.78. The molecular weight excluding hydrogens is 312 g/mol. The van der Waals surface area contributed by atoms with Crippen molar-refractivity contribution in [1.29, 1.82) is 0 Å². The summed E-state index contributed by atoms with van der Waals surface area (Å²) in [5.74, 6) is -0.0712. The first kappa shape index (κ1) is 15.4. The van der Waals surface area contributed by atoms with E-state index < -0.39 is 0 Å². The lowest BCUT2D eigenvalue weighted by molar-refractivity contribution is -0.114. The van der Waals surface area contributed by atoms with Crippen molar-refractivity contribution in [3.63, 3.8) is 0 Å². The van der Waals surface area contributed by atoms with Crippen LogP contribution in [0.2, 0.25) is 0 Å². The predicted molar refractivity (Wildman–Crippen MR) is 99.6 cm³/mol. The zero-order valence-electron chi connectivity index (χ0n) is 14.5. The number of amides is 1. The van der Waals surface area contributed by atoms with Crippen LogP contribution in [0.5, 0.6) is 0 Å². The third-order valence-electron chi connectivity index (χ3n) is 4.48. The highest BCUT2D eigenvalue weighted by Gasteiger charge is 2.27. The van der Waals surface area contributed by atoms with Crippen LogP contribution in [0.4, 0.5) is 11.4 Å². The molecule has 0 saturated heterocycles. The summed E-state index contributed by atoms with van der Waals surface area (Å²) < 4.78 is 2.03. The van der Waals surface area contributed by atoms with Crippen LogP contribution in [0, 0.1) is 13.8 Å². The van der Waals surface area contributed by atoms with Crippen LogP contribution in [0.15, 0.2) is 48.5 Å². The van der Waals surface area contributed by atoms with Gasteiger partial charge in [-0.25, -0.2) is 4.68 Å². The molecule has 1 aliphatic heterocycles. The summed E-state index contributed by atoms with van der Waals surface area (Å²) >= 11 is 0. The topological polar surface area (TPSA) is 59.0 Å². The van der Waals surface area contributed by atoms with Crippen LogP contribution >= 0.6 is 0 Å². The molecule has 2 N–H and O–H groups in total. The van der Waals surface area contributed by atoms with Crippen molar-refractivity contribution in [3.05, 3.63) is 65.4 Å². The number of para-hydroxylation sites is 1. The van der Waals surface area contributed by atoms with Crippen molar-refractivity contribution >= 4 is 17.3 Å². The summed E-state index contributed by atoms with van der Waals surface area (Å²) in [6.07, 6.45) is -0.0799. The molecule has 25 heavy (non-hydrogen) atoms. The molecule has 1 aliphatic rings. The Labute approximate surface area is 146 Å². The summed E-state index contributed by atoms with van der Waals surface area (Å²) in [6.45, 7) is 5.63. The number of nitrogens with one attached hydrogen (secondary N) is 2. The standard InChI is InChI=1S/C20H20N4O/c1-12-5-4-6-17-18-11-13(2)23-24(18)20(22-19(12)17)15-7-9-16(10-8-15)21-14(3)25/h4-11,20,22H,1-3H3,(H,21,25)/t20-/m1/s1. The molecule has 2 heterocycles. The third kappa shape index (κ3) is 2.67. The first-order valence-corrected chi connectivity index (χ1v) is 8.33. The van der Waals surface area contributed by atoms with Gasteiger partial charge in [0.2, 0.25) is 5.91 Å². The second-order valence-corrected chi connectivity index (χ2v) is 6.46. The van der Waals surface area contributed by atoms with Gasteiger partial charge in [0.25, 0.3) is 0 Å². The van der Waals surface area contributed by atoms with Crippen molar-refractivity contribution in [2.45, 2.75) is 26.9 Å². The second-order valence-electron chi connectivity index (χ2n) is 6.46. The van der Waals surface area contributed by atoms with Crippen molar-refractivity contribution < 1.29 is 4.79 Å². The van der Waals surface area contributed by atoms with Gasteiger partial charge in [-0.05, 0) is 43.2 Å². The van der Waals surface area contributed by atoms with Crippen molar-refractivity contribution in [2.75, 3.05) is 10.6 Å². The average Bonchev–Trinajstić information content (AvgIpc) is 2.97. The van der Waals surface area contributed by atoms with Gasteiger partial charge in [0.1, 0.15) is 6.17 Å². The number of rotatable bonds is 2. The summed E-state index contributed by atoms with van der Waals surface area (Å²) in [7, 11) is 0. The number of carbonyl (C=O) groups excluding carboxylic acids is 1. The molecule has 5 heteroatoms. The Morgan fingerprint density at radius 2 is 1.92 bits per heavy atom. The molecular formula is C20H20N4O. The van der Waals surface area contributed by atoms with E-state index in [0.717, 1.165) is 28.3 Å². The number of hydrogen-bond donors (Lipinski definition) is 2. The van der Waals surface area contributed by atoms with Crippen LogP contribution in [0.25, 0.3) is 11.3 Å². The minimum atomic E-state index is -0.0799. The van der Waals surface area contributed by atoms with Crippen LogP contribution in [-0.2, 0) is 4.79 Å². The van der Waals surface area contributed by atoms with E-state index in [9.17, 15) is 4.79 Å². The fraction of sp³-hybridized carbons (Fsp3) is 0.200. The number of carbonyl (C=O) groups is 1. The summed E-state index contributed by atoms with van der Waals surface area (Å²) in [6, 6.07) is 16.3. The van der Waals surface area contributed by atoms with Crippen LogP contribution in [0.1, 0.15) is 29.9 Å². The maximum absolute atomic E-state index is 11.2. The van der Waals surface area contributed by atoms with E-state index in [1.165, 1.54) is 18.1 Å². The molecule has 5 nitrogen and oxygen atoms in total. The predicted octanol–water partition coefficient (Wildman–Crippen LogP) is 4.10. The van der Waals surface area contributed by atoms with Gasteiger partial charge in [-0.2, -0.15) is 5.10 Å². The van der Waals surface area contributed by atoms with Crippen molar-refractivity contribution in [1.82, 2.24) is 9.78 Å². The van der Waals surface area contributed by atoms with Gasteiger partial charge >= 0.3 is 0 Å². The fourth-order valence-electron chi connectivity index (χ4n) is 3.36. The Morgan fingerprint density at radius 1 is 1.16 bits per heavy atom. The third-order valence-corrected chi connectivity index (χ3v) is 4.48. The van der Waals surface area contributed by atoms with Gasteiger partial charge < -0.3 is 10.6 Å². The minimum absolute atomic E-state index is 0.0712. The molecule has 4 rings (SSSR count). The number of hydrogen-bond acceptors (Lipinski definition) is 3. The van der Waals surface area contributed by atoms with E-state index in [0.29, 0.717) is 0 Å². The second kappa shape index (κ2) is 5.77. The van der Waals surface area contributed by atoms with E-state index in [4.69, 9.17) is 5.10 Å². The van der Waals surface area contributed by atoms with Crippen molar-refractivity contribution in [3.8, 4) is 11.3 Å². The molecule has 0 aliphatic carbocycles. The number of aromatic nitrogens is 2. The molecule has 1 amide bonds. The Hall–Kier alpha value is -3.08. The highest BCUT2D eigenvalue weighted by atomic mass is 16.1. The first-order chi connectivity index (χ1) is 12.0. The zero-order chi connectivity index (χ0) is 17.6. The van der Waals surface area contributed by atoms with Gasteiger partial charge in [-0.15, -0.1) is 0 Å². The van der Waals surface area contributed by atoms with Gasteiger partial charge in [0.15, 0.2) is 0 Å². The smallest absolute Gasteiger partial charge is 0.221 e. The van der Waals surface area contributed by atoms with E-state index in [1.54, 1.807) is 0 Å². The molecule has 1 aromatic heterocycles. The number of benzene rings is 2. The quantitative estimate of drug-likeness (QED) is 0.743. The Morgan fingerprint density at radius 3 is 2.64 bits per heavy atom. The Bertz CT molecular complexity index is 956. The molecule has 0 saturated carbocycles. The van der Waals surface area contributed by atoms with Crippen LogP contribution in [0.3, 0.4) is 0 Å². The lowest BCUT2D eigenvalue weighted by Gasteiger charge is -2.30. The Kier molecular flexibility index (Phi) is 3.57. The summed E-state index contributed by atoms with van der Waals surface area (Å²) in [4.78, 5) is 11.2. The van der Waals surface area contributed by atoms with E-state index >= 15 is 0 Å². The molecule has 0 fully saturated rings. The van der Waals surface area contributed by atoms with E-state index in [2.05, 4.69) is 41.8 Å². The normalized spacial score (nSPS) is 15.1. The maximum Gasteiger partial charge on any atom is 0.221 e. The average molecular weight is 332 g/mol. The molecule has 126 valence electrons.